The Morgan fingerprint density at radius 3 is 2.80 bits per heavy atom. The molecular weight excluding hydrogens is 335 g/mol. The van der Waals surface area contributed by atoms with Gasteiger partial charge in [-0.3, -0.25) is 10.1 Å². The van der Waals surface area contributed by atoms with Crippen molar-refractivity contribution >= 4 is 27.3 Å². The molecule has 1 N–H and O–H groups in total. The number of hydrogen-bond acceptors (Lipinski definition) is 5. The van der Waals surface area contributed by atoms with E-state index in [9.17, 15) is 14.5 Å². The quantitative estimate of drug-likeness (QED) is 0.421. The Hall–Kier alpha value is -1.25. The van der Waals surface area contributed by atoms with Crippen LogP contribution in [0.5, 0.6) is 0 Å². The highest BCUT2D eigenvalue weighted by atomic mass is 79.9. The number of benzene rings is 1. The lowest BCUT2D eigenvalue weighted by atomic mass is 10.2. The summed E-state index contributed by atoms with van der Waals surface area (Å²) in [6, 6.07) is 2.25. The van der Waals surface area contributed by atoms with Crippen molar-refractivity contribution in [2.24, 2.45) is 0 Å². The minimum Gasteiger partial charge on any atom is -0.382 e. The minimum absolute atomic E-state index is 0.0673. The number of nitro benzene ring substituents is 1. The van der Waals surface area contributed by atoms with Gasteiger partial charge in [-0.1, -0.05) is 0 Å². The van der Waals surface area contributed by atoms with E-state index in [1.54, 1.807) is 7.11 Å². The Kier molecular flexibility index (Phi) is 7.42. The summed E-state index contributed by atoms with van der Waals surface area (Å²) in [5.41, 5.74) is -0.00818. The Balaban J connectivity index is 2.47. The van der Waals surface area contributed by atoms with E-state index in [-0.39, 0.29) is 15.8 Å². The summed E-state index contributed by atoms with van der Waals surface area (Å²) < 4.78 is 23.5. The van der Waals surface area contributed by atoms with Crippen molar-refractivity contribution < 1.29 is 18.8 Å². The van der Waals surface area contributed by atoms with Crippen molar-refractivity contribution in [2.45, 2.75) is 6.42 Å². The summed E-state index contributed by atoms with van der Waals surface area (Å²) in [6.07, 6.45) is 0.651. The standard InChI is InChI=1S/C12H16BrFN2O4/c1-19-5-6-20-4-2-3-15-11-8-10(14)9(13)7-12(11)16(17)18/h7-8,15H,2-6H2,1H3. The topological polar surface area (TPSA) is 73.6 Å². The zero-order valence-corrected chi connectivity index (χ0v) is 12.6. The molecule has 0 atom stereocenters. The van der Waals surface area contributed by atoms with Crippen LogP contribution in [0.2, 0.25) is 0 Å². The molecule has 0 radical (unpaired) electrons. The SMILES string of the molecule is COCCOCCCNc1cc(F)c(Br)cc1[N+](=O)[O-]. The number of anilines is 1. The third kappa shape index (κ3) is 5.40. The first-order valence-electron chi connectivity index (χ1n) is 6.00. The molecule has 0 unspecified atom stereocenters. The summed E-state index contributed by atoms with van der Waals surface area (Å²) in [4.78, 5) is 10.3. The molecule has 0 amide bonds. The van der Waals surface area contributed by atoms with Crippen LogP contribution in [-0.2, 0) is 9.47 Å². The second-order valence-corrected chi connectivity index (χ2v) is 4.78. The Morgan fingerprint density at radius 1 is 1.40 bits per heavy atom. The van der Waals surface area contributed by atoms with Crippen LogP contribution in [0.15, 0.2) is 16.6 Å². The van der Waals surface area contributed by atoms with Gasteiger partial charge in [0, 0.05) is 32.4 Å². The Bertz CT molecular complexity index is 459. The predicted octanol–water partition coefficient (Wildman–Crippen LogP) is 2.96. The monoisotopic (exact) mass is 350 g/mol. The van der Waals surface area contributed by atoms with Crippen molar-refractivity contribution in [1.29, 1.82) is 0 Å². The number of ether oxygens (including phenoxy) is 2. The summed E-state index contributed by atoms with van der Waals surface area (Å²) in [6.45, 7) is 1.98. The number of hydrogen-bond donors (Lipinski definition) is 1. The lowest BCUT2D eigenvalue weighted by Crippen LogP contribution is -2.09. The van der Waals surface area contributed by atoms with Crippen molar-refractivity contribution in [3.8, 4) is 0 Å². The van der Waals surface area contributed by atoms with Gasteiger partial charge in [-0.2, -0.15) is 0 Å². The molecule has 0 aliphatic rings. The maximum atomic E-state index is 13.4. The van der Waals surface area contributed by atoms with Crippen molar-refractivity contribution in [1.82, 2.24) is 0 Å². The fraction of sp³-hybridized carbons (Fsp3) is 0.500. The highest BCUT2D eigenvalue weighted by Crippen LogP contribution is 2.30. The molecule has 0 aliphatic heterocycles. The normalized spacial score (nSPS) is 10.6. The van der Waals surface area contributed by atoms with E-state index in [2.05, 4.69) is 21.2 Å². The molecule has 1 aromatic carbocycles. The van der Waals surface area contributed by atoms with Crippen LogP contribution in [0.4, 0.5) is 15.8 Å². The van der Waals surface area contributed by atoms with Gasteiger partial charge < -0.3 is 14.8 Å². The number of rotatable bonds is 9. The van der Waals surface area contributed by atoms with Crippen LogP contribution in [0.3, 0.4) is 0 Å². The van der Waals surface area contributed by atoms with E-state index in [1.165, 1.54) is 0 Å². The molecule has 0 aliphatic carbocycles. The molecule has 0 fully saturated rings. The predicted molar refractivity (Wildman–Crippen MR) is 76.6 cm³/mol. The van der Waals surface area contributed by atoms with E-state index in [0.717, 1.165) is 12.1 Å². The number of nitrogens with zero attached hydrogens (tertiary/aromatic N) is 1. The van der Waals surface area contributed by atoms with Gasteiger partial charge in [-0.15, -0.1) is 0 Å². The van der Waals surface area contributed by atoms with Crippen LogP contribution in [0.25, 0.3) is 0 Å². The number of halogens is 2. The van der Waals surface area contributed by atoms with Crippen LogP contribution in [-0.4, -0.2) is 38.4 Å². The first-order valence-corrected chi connectivity index (χ1v) is 6.79. The van der Waals surface area contributed by atoms with Crippen molar-refractivity contribution in [3.63, 3.8) is 0 Å². The highest BCUT2D eigenvalue weighted by Gasteiger charge is 2.16. The number of nitro groups is 1. The first-order chi connectivity index (χ1) is 9.56. The van der Waals surface area contributed by atoms with Crippen LogP contribution in [0, 0.1) is 15.9 Å². The van der Waals surface area contributed by atoms with Crippen LogP contribution in [0.1, 0.15) is 6.42 Å². The fourth-order valence-electron chi connectivity index (χ4n) is 1.47. The van der Waals surface area contributed by atoms with Gasteiger partial charge in [0.1, 0.15) is 11.5 Å². The minimum atomic E-state index is -0.554. The second-order valence-electron chi connectivity index (χ2n) is 3.93. The zero-order valence-electron chi connectivity index (χ0n) is 11.0. The van der Waals surface area contributed by atoms with E-state index in [1.807, 2.05) is 0 Å². The maximum absolute atomic E-state index is 13.4. The summed E-state index contributed by atoms with van der Waals surface area (Å²) in [5.74, 6) is -0.547. The van der Waals surface area contributed by atoms with Gasteiger partial charge in [0.25, 0.3) is 5.69 Å². The molecule has 0 saturated heterocycles. The second kappa shape index (κ2) is 8.83. The van der Waals surface area contributed by atoms with Crippen molar-refractivity contribution in [3.05, 3.63) is 32.5 Å². The molecule has 112 valence electrons. The molecule has 0 heterocycles. The fourth-order valence-corrected chi connectivity index (χ4v) is 1.80. The number of nitrogens with one attached hydrogen (secondary N) is 1. The Morgan fingerprint density at radius 2 is 2.15 bits per heavy atom. The van der Waals surface area contributed by atoms with Gasteiger partial charge in [0.05, 0.1) is 22.6 Å². The summed E-state index contributed by atoms with van der Waals surface area (Å²) >= 11 is 2.93. The molecule has 1 aromatic rings. The van der Waals surface area contributed by atoms with E-state index >= 15 is 0 Å². The molecule has 1 rings (SSSR count). The average molecular weight is 351 g/mol. The molecule has 0 spiro atoms. The van der Waals surface area contributed by atoms with Crippen LogP contribution >= 0.6 is 15.9 Å². The van der Waals surface area contributed by atoms with E-state index < -0.39 is 10.7 Å². The molecule has 6 nitrogen and oxygen atoms in total. The summed E-state index contributed by atoms with van der Waals surface area (Å²) in [5, 5.41) is 13.7. The number of methoxy groups -OCH3 is 1. The third-order valence-corrected chi connectivity index (χ3v) is 3.06. The van der Waals surface area contributed by atoms with Gasteiger partial charge in [0.2, 0.25) is 0 Å². The lowest BCUT2D eigenvalue weighted by molar-refractivity contribution is -0.384. The average Bonchev–Trinajstić information content (AvgIpc) is 2.41. The molecular formula is C12H16BrFN2O4. The highest BCUT2D eigenvalue weighted by molar-refractivity contribution is 9.10. The molecule has 0 aromatic heterocycles. The van der Waals surface area contributed by atoms with Gasteiger partial charge in [0.15, 0.2) is 0 Å². The molecule has 20 heavy (non-hydrogen) atoms. The van der Waals surface area contributed by atoms with Gasteiger partial charge in [-0.05, 0) is 22.4 Å². The van der Waals surface area contributed by atoms with Gasteiger partial charge >= 0.3 is 0 Å². The van der Waals surface area contributed by atoms with E-state index in [4.69, 9.17) is 9.47 Å². The largest absolute Gasteiger partial charge is 0.382 e. The molecule has 0 bridgehead atoms. The lowest BCUT2D eigenvalue weighted by Gasteiger charge is -2.08. The van der Waals surface area contributed by atoms with E-state index in [0.29, 0.717) is 32.8 Å². The van der Waals surface area contributed by atoms with Crippen LogP contribution < -0.4 is 5.32 Å². The van der Waals surface area contributed by atoms with Crippen molar-refractivity contribution in [2.75, 3.05) is 38.8 Å². The molecule has 0 saturated carbocycles. The first kappa shape index (κ1) is 16.8. The zero-order chi connectivity index (χ0) is 15.0. The maximum Gasteiger partial charge on any atom is 0.293 e. The molecule has 8 heteroatoms. The smallest absolute Gasteiger partial charge is 0.293 e. The third-order valence-electron chi connectivity index (χ3n) is 2.45. The summed E-state index contributed by atoms with van der Waals surface area (Å²) in [7, 11) is 1.59. The van der Waals surface area contributed by atoms with Gasteiger partial charge in [-0.25, -0.2) is 4.39 Å². The Labute approximate surface area is 124 Å².